The van der Waals surface area contributed by atoms with Crippen LogP contribution in [0.15, 0.2) is 12.1 Å². The van der Waals surface area contributed by atoms with Gasteiger partial charge in [0.1, 0.15) is 0 Å². The molecule has 0 radical (unpaired) electrons. The molecule has 0 N–H and O–H groups in total. The van der Waals surface area contributed by atoms with Gasteiger partial charge in [0.25, 0.3) is 0 Å². The quantitative estimate of drug-likeness (QED) is 0.841. The van der Waals surface area contributed by atoms with Crippen molar-refractivity contribution >= 4 is 5.91 Å². The summed E-state index contributed by atoms with van der Waals surface area (Å²) in [6, 6.07) is 4.14. The van der Waals surface area contributed by atoms with E-state index in [0.717, 1.165) is 30.0 Å². The summed E-state index contributed by atoms with van der Waals surface area (Å²) in [6.07, 6.45) is 0.863. The molecule has 1 heterocycles. The molecule has 0 aromatic heterocycles. The second-order valence-corrected chi connectivity index (χ2v) is 4.77. The van der Waals surface area contributed by atoms with Gasteiger partial charge in [-0.1, -0.05) is 0 Å². The highest BCUT2D eigenvalue weighted by Crippen LogP contribution is 2.37. The molecule has 0 aliphatic carbocycles. The molecule has 0 spiro atoms. The second-order valence-electron chi connectivity index (χ2n) is 4.77. The SMILES string of the molecule is CCOc1cc2c(cc1OC)CCN(C(C)=O)C2C. The van der Waals surface area contributed by atoms with E-state index in [4.69, 9.17) is 9.47 Å². The van der Waals surface area contributed by atoms with E-state index in [1.54, 1.807) is 14.0 Å². The minimum atomic E-state index is 0.0892. The number of ether oxygens (including phenoxy) is 2. The van der Waals surface area contributed by atoms with Gasteiger partial charge in [0.15, 0.2) is 11.5 Å². The second kappa shape index (κ2) is 5.51. The summed E-state index contributed by atoms with van der Waals surface area (Å²) in [5.74, 6) is 1.64. The van der Waals surface area contributed by atoms with E-state index in [9.17, 15) is 4.79 Å². The fourth-order valence-electron chi connectivity index (χ4n) is 2.68. The van der Waals surface area contributed by atoms with E-state index in [-0.39, 0.29) is 11.9 Å². The zero-order chi connectivity index (χ0) is 14.0. The summed E-state index contributed by atoms with van der Waals surface area (Å²) in [6.45, 7) is 6.99. The Balaban J connectivity index is 2.42. The predicted molar refractivity (Wildman–Crippen MR) is 73.7 cm³/mol. The predicted octanol–water partition coefficient (Wildman–Crippen LogP) is 2.56. The Kier molecular flexibility index (Phi) is 3.98. The molecule has 2 rings (SSSR count). The van der Waals surface area contributed by atoms with Crippen LogP contribution in [0.3, 0.4) is 0 Å². The number of benzene rings is 1. The van der Waals surface area contributed by atoms with Gasteiger partial charge in [-0.15, -0.1) is 0 Å². The number of carbonyl (C=O) groups excluding carboxylic acids is 1. The Hall–Kier alpha value is -1.71. The highest BCUT2D eigenvalue weighted by Gasteiger charge is 2.27. The molecular weight excluding hydrogens is 242 g/mol. The summed E-state index contributed by atoms with van der Waals surface area (Å²) in [5.41, 5.74) is 2.40. The molecule has 0 bridgehead atoms. The van der Waals surface area contributed by atoms with Crippen LogP contribution in [-0.4, -0.2) is 31.1 Å². The van der Waals surface area contributed by atoms with Crippen LogP contribution in [0, 0.1) is 0 Å². The first-order valence-corrected chi connectivity index (χ1v) is 6.69. The highest BCUT2D eigenvalue weighted by atomic mass is 16.5. The molecule has 0 saturated carbocycles. The topological polar surface area (TPSA) is 38.8 Å². The summed E-state index contributed by atoms with van der Waals surface area (Å²) >= 11 is 0. The minimum absolute atomic E-state index is 0.0892. The average Bonchev–Trinajstić information content (AvgIpc) is 2.39. The van der Waals surface area contributed by atoms with Crippen molar-refractivity contribution in [1.29, 1.82) is 0 Å². The number of methoxy groups -OCH3 is 1. The molecule has 1 aromatic rings. The molecular formula is C15H21NO3. The zero-order valence-corrected chi connectivity index (χ0v) is 12.0. The van der Waals surface area contributed by atoms with Crippen molar-refractivity contribution < 1.29 is 14.3 Å². The Morgan fingerprint density at radius 3 is 2.74 bits per heavy atom. The van der Waals surface area contributed by atoms with Crippen LogP contribution in [-0.2, 0) is 11.2 Å². The summed E-state index contributed by atoms with van der Waals surface area (Å²) in [5, 5.41) is 0. The van der Waals surface area contributed by atoms with Crippen molar-refractivity contribution in [2.24, 2.45) is 0 Å². The Bertz CT molecular complexity index is 485. The maximum absolute atomic E-state index is 11.6. The average molecular weight is 263 g/mol. The van der Waals surface area contributed by atoms with E-state index in [2.05, 4.69) is 6.92 Å². The van der Waals surface area contributed by atoms with Gasteiger partial charge in [-0.25, -0.2) is 0 Å². The lowest BCUT2D eigenvalue weighted by molar-refractivity contribution is -0.131. The van der Waals surface area contributed by atoms with Crippen LogP contribution >= 0.6 is 0 Å². The van der Waals surface area contributed by atoms with Gasteiger partial charge in [-0.2, -0.15) is 0 Å². The molecule has 1 aliphatic heterocycles. The van der Waals surface area contributed by atoms with E-state index < -0.39 is 0 Å². The van der Waals surface area contributed by atoms with Crippen LogP contribution in [0.4, 0.5) is 0 Å². The molecule has 1 amide bonds. The lowest BCUT2D eigenvalue weighted by atomic mass is 9.93. The fraction of sp³-hybridized carbons (Fsp3) is 0.533. The van der Waals surface area contributed by atoms with Gasteiger partial charge in [-0.05, 0) is 43.5 Å². The van der Waals surface area contributed by atoms with Gasteiger partial charge in [-0.3, -0.25) is 4.79 Å². The van der Waals surface area contributed by atoms with E-state index in [1.165, 1.54) is 5.56 Å². The molecule has 104 valence electrons. The van der Waals surface area contributed by atoms with E-state index in [0.29, 0.717) is 6.61 Å². The lowest BCUT2D eigenvalue weighted by Gasteiger charge is -2.35. The molecule has 4 nitrogen and oxygen atoms in total. The number of rotatable bonds is 3. The third kappa shape index (κ3) is 2.53. The third-order valence-corrected chi connectivity index (χ3v) is 3.67. The molecule has 1 atom stereocenters. The van der Waals surface area contributed by atoms with Crippen LogP contribution in [0.25, 0.3) is 0 Å². The summed E-state index contributed by atoms with van der Waals surface area (Å²) in [7, 11) is 1.65. The number of amides is 1. The van der Waals surface area contributed by atoms with Gasteiger partial charge in [0, 0.05) is 13.5 Å². The van der Waals surface area contributed by atoms with Crippen molar-refractivity contribution in [2.45, 2.75) is 33.2 Å². The molecule has 1 aliphatic rings. The van der Waals surface area contributed by atoms with Gasteiger partial charge >= 0.3 is 0 Å². The van der Waals surface area contributed by atoms with Crippen molar-refractivity contribution in [3.63, 3.8) is 0 Å². The van der Waals surface area contributed by atoms with Crippen LogP contribution in [0.2, 0.25) is 0 Å². The third-order valence-electron chi connectivity index (χ3n) is 3.67. The Morgan fingerprint density at radius 2 is 2.16 bits per heavy atom. The number of fused-ring (bicyclic) bond motifs is 1. The number of hydrogen-bond acceptors (Lipinski definition) is 3. The van der Waals surface area contributed by atoms with Crippen molar-refractivity contribution in [3.8, 4) is 11.5 Å². The molecule has 19 heavy (non-hydrogen) atoms. The number of hydrogen-bond donors (Lipinski definition) is 0. The van der Waals surface area contributed by atoms with Gasteiger partial charge in [0.2, 0.25) is 5.91 Å². The highest BCUT2D eigenvalue weighted by molar-refractivity contribution is 5.74. The molecule has 1 aromatic carbocycles. The minimum Gasteiger partial charge on any atom is -0.493 e. The zero-order valence-electron chi connectivity index (χ0n) is 12.0. The van der Waals surface area contributed by atoms with Crippen molar-refractivity contribution in [3.05, 3.63) is 23.3 Å². The molecule has 4 heteroatoms. The van der Waals surface area contributed by atoms with Crippen LogP contribution < -0.4 is 9.47 Å². The van der Waals surface area contributed by atoms with Crippen molar-refractivity contribution in [2.75, 3.05) is 20.3 Å². The summed E-state index contributed by atoms with van der Waals surface area (Å²) < 4.78 is 11.0. The first-order valence-electron chi connectivity index (χ1n) is 6.69. The number of carbonyl (C=O) groups is 1. The molecule has 0 fully saturated rings. The fourth-order valence-corrected chi connectivity index (χ4v) is 2.68. The molecule has 1 unspecified atom stereocenters. The first kappa shape index (κ1) is 13.7. The van der Waals surface area contributed by atoms with Crippen LogP contribution in [0.5, 0.6) is 11.5 Å². The Morgan fingerprint density at radius 1 is 1.42 bits per heavy atom. The van der Waals surface area contributed by atoms with E-state index >= 15 is 0 Å². The number of nitrogens with zero attached hydrogens (tertiary/aromatic N) is 1. The standard InChI is InChI=1S/C15H21NO3/c1-5-19-15-9-13-10(2)16(11(3)17)7-6-12(13)8-14(15)18-4/h8-10H,5-7H2,1-4H3. The van der Waals surface area contributed by atoms with Gasteiger partial charge in [0.05, 0.1) is 19.8 Å². The smallest absolute Gasteiger partial charge is 0.219 e. The lowest BCUT2D eigenvalue weighted by Crippen LogP contribution is -2.37. The van der Waals surface area contributed by atoms with Crippen molar-refractivity contribution in [1.82, 2.24) is 4.90 Å². The normalized spacial score (nSPS) is 17.9. The largest absolute Gasteiger partial charge is 0.493 e. The van der Waals surface area contributed by atoms with Gasteiger partial charge < -0.3 is 14.4 Å². The first-order chi connectivity index (χ1) is 9.08. The maximum Gasteiger partial charge on any atom is 0.219 e. The van der Waals surface area contributed by atoms with E-state index in [1.807, 2.05) is 24.0 Å². The van der Waals surface area contributed by atoms with Crippen LogP contribution in [0.1, 0.15) is 37.9 Å². The summed E-state index contributed by atoms with van der Waals surface area (Å²) in [4.78, 5) is 13.5. The molecule has 0 saturated heterocycles. The Labute approximate surface area is 114 Å². The monoisotopic (exact) mass is 263 g/mol. The maximum atomic E-state index is 11.6.